The van der Waals surface area contributed by atoms with Crippen molar-refractivity contribution in [3.05, 3.63) is 17.8 Å². The first kappa shape index (κ1) is 12.3. The zero-order valence-electron chi connectivity index (χ0n) is 11.0. The quantitative estimate of drug-likeness (QED) is 0.895. The van der Waals surface area contributed by atoms with Crippen LogP contribution in [-0.4, -0.2) is 46.9 Å². The van der Waals surface area contributed by atoms with Gasteiger partial charge in [0.15, 0.2) is 5.82 Å². The second-order valence-corrected chi connectivity index (χ2v) is 5.03. The molecule has 3 rings (SSSR count). The van der Waals surface area contributed by atoms with Crippen LogP contribution in [0.25, 0.3) is 0 Å². The van der Waals surface area contributed by atoms with E-state index in [9.17, 15) is 4.79 Å². The molecule has 0 atom stereocenters. The van der Waals surface area contributed by atoms with E-state index < -0.39 is 0 Å². The second-order valence-electron chi connectivity index (χ2n) is 5.03. The Balaban J connectivity index is 1.60. The third-order valence-corrected chi connectivity index (χ3v) is 3.58. The molecule has 0 aromatic carbocycles. The molecule has 2 fully saturated rings. The zero-order valence-corrected chi connectivity index (χ0v) is 11.0. The van der Waals surface area contributed by atoms with Crippen LogP contribution in [0, 0.1) is 0 Å². The van der Waals surface area contributed by atoms with Gasteiger partial charge in [-0.05, 0) is 31.9 Å². The first-order chi connectivity index (χ1) is 9.28. The molecule has 1 saturated heterocycles. The van der Waals surface area contributed by atoms with E-state index in [0.717, 1.165) is 5.69 Å². The van der Waals surface area contributed by atoms with Crippen LogP contribution in [0.3, 0.4) is 0 Å². The van der Waals surface area contributed by atoms with Gasteiger partial charge in [0.2, 0.25) is 0 Å². The van der Waals surface area contributed by atoms with Crippen LogP contribution in [0.15, 0.2) is 12.1 Å². The van der Waals surface area contributed by atoms with Gasteiger partial charge in [0.25, 0.3) is 0 Å². The number of urea groups is 1. The molecule has 2 heterocycles. The highest BCUT2D eigenvalue weighted by Gasteiger charge is 2.29. The summed E-state index contributed by atoms with van der Waals surface area (Å²) in [4.78, 5) is 13.9. The number of carbonyl (C=O) groups excluding carboxylic acids is 1. The van der Waals surface area contributed by atoms with Crippen LogP contribution in [0.1, 0.15) is 31.4 Å². The van der Waals surface area contributed by atoms with Crippen LogP contribution in [0.2, 0.25) is 0 Å². The third-order valence-electron chi connectivity index (χ3n) is 3.58. The third kappa shape index (κ3) is 2.68. The molecule has 0 radical (unpaired) electrons. The molecule has 1 saturated carbocycles. The van der Waals surface area contributed by atoms with Crippen molar-refractivity contribution in [1.29, 1.82) is 0 Å². The monoisotopic (exact) mass is 262 g/mol. The van der Waals surface area contributed by atoms with E-state index in [0.29, 0.717) is 31.5 Å². The van der Waals surface area contributed by atoms with Crippen LogP contribution in [0.4, 0.5) is 10.6 Å². The van der Waals surface area contributed by atoms with E-state index in [-0.39, 0.29) is 12.1 Å². The van der Waals surface area contributed by atoms with Crippen molar-refractivity contribution >= 4 is 11.8 Å². The van der Waals surface area contributed by atoms with Crippen LogP contribution in [0.5, 0.6) is 0 Å². The average Bonchev–Trinajstić information content (AvgIpc) is 3.18. The minimum atomic E-state index is -0.135. The molecule has 1 N–H and O–H groups in total. The summed E-state index contributed by atoms with van der Waals surface area (Å²) in [6, 6.07) is 3.82. The van der Waals surface area contributed by atoms with Gasteiger partial charge in [-0.25, -0.2) is 4.79 Å². The van der Waals surface area contributed by atoms with Crippen molar-refractivity contribution in [3.63, 3.8) is 0 Å². The predicted molar refractivity (Wildman–Crippen MR) is 70.0 cm³/mol. The molecule has 0 bridgehead atoms. The van der Waals surface area contributed by atoms with Gasteiger partial charge >= 0.3 is 6.03 Å². The van der Waals surface area contributed by atoms with Gasteiger partial charge in [-0.3, -0.25) is 5.32 Å². The molecule has 1 aromatic heterocycles. The topological polar surface area (TPSA) is 67.4 Å². The normalized spacial score (nSPS) is 18.8. The summed E-state index contributed by atoms with van der Waals surface area (Å²) in [6.45, 7) is 3.86. The number of rotatable bonds is 4. The summed E-state index contributed by atoms with van der Waals surface area (Å²) < 4.78 is 5.12. The average molecular weight is 262 g/mol. The van der Waals surface area contributed by atoms with Crippen molar-refractivity contribution in [2.75, 3.05) is 25.1 Å². The number of likely N-dealkylation sites (N-methyl/N-ethyl adjacent to an activating group) is 1. The van der Waals surface area contributed by atoms with E-state index >= 15 is 0 Å². The van der Waals surface area contributed by atoms with E-state index in [4.69, 9.17) is 4.74 Å². The maximum atomic E-state index is 12.1. The highest BCUT2D eigenvalue weighted by atomic mass is 16.5. The molecule has 1 aliphatic carbocycles. The van der Waals surface area contributed by atoms with Gasteiger partial charge in [-0.15, -0.1) is 5.10 Å². The Labute approximate surface area is 112 Å². The maximum Gasteiger partial charge on any atom is 0.323 e. The molecule has 6 nitrogen and oxygen atoms in total. The highest BCUT2D eigenvalue weighted by Crippen LogP contribution is 2.38. The largest absolute Gasteiger partial charge is 0.377 e. The van der Waals surface area contributed by atoms with E-state index in [1.165, 1.54) is 12.8 Å². The Hall–Kier alpha value is -1.69. The maximum absolute atomic E-state index is 12.1. The molecule has 102 valence electrons. The molecule has 6 heteroatoms. The number of ether oxygens (including phenoxy) is 1. The van der Waals surface area contributed by atoms with Gasteiger partial charge in [-0.1, -0.05) is 0 Å². The summed E-state index contributed by atoms with van der Waals surface area (Å²) in [7, 11) is 0. The lowest BCUT2D eigenvalue weighted by Gasteiger charge is -2.36. The van der Waals surface area contributed by atoms with Gasteiger partial charge < -0.3 is 9.64 Å². The Bertz CT molecular complexity index is 454. The molecular formula is C13H18N4O2. The number of amides is 2. The number of hydrogen-bond acceptors (Lipinski definition) is 4. The van der Waals surface area contributed by atoms with Crippen molar-refractivity contribution in [2.45, 2.75) is 31.7 Å². The van der Waals surface area contributed by atoms with Crippen LogP contribution >= 0.6 is 0 Å². The van der Waals surface area contributed by atoms with E-state index in [1.807, 2.05) is 19.1 Å². The van der Waals surface area contributed by atoms with Crippen molar-refractivity contribution < 1.29 is 9.53 Å². The second kappa shape index (κ2) is 5.13. The number of carbonyl (C=O) groups is 1. The first-order valence-electron chi connectivity index (χ1n) is 6.77. The molecule has 0 unspecified atom stereocenters. The first-order valence-corrected chi connectivity index (χ1v) is 6.77. The van der Waals surface area contributed by atoms with Gasteiger partial charge in [0.1, 0.15) is 0 Å². The molecule has 2 amide bonds. The standard InChI is InChI=1S/C13H18N4O2/c1-2-17(10-7-19-8-10)13(18)14-12-6-5-11(15-16-12)9-3-4-9/h5-6,9-10H,2-4,7-8H2,1H3,(H,14,16,18). The van der Waals surface area contributed by atoms with Gasteiger partial charge in [-0.2, -0.15) is 5.10 Å². The number of nitrogens with one attached hydrogen (secondary N) is 1. The lowest BCUT2D eigenvalue weighted by Crippen LogP contribution is -2.52. The molecule has 1 aliphatic heterocycles. The molecule has 19 heavy (non-hydrogen) atoms. The lowest BCUT2D eigenvalue weighted by atomic mass is 10.2. The van der Waals surface area contributed by atoms with E-state index in [2.05, 4.69) is 15.5 Å². The lowest BCUT2D eigenvalue weighted by molar-refractivity contribution is -0.0459. The number of aromatic nitrogens is 2. The van der Waals surface area contributed by atoms with Crippen molar-refractivity contribution in [2.24, 2.45) is 0 Å². The Morgan fingerprint density at radius 3 is 2.68 bits per heavy atom. The summed E-state index contributed by atoms with van der Waals surface area (Å²) >= 11 is 0. The van der Waals surface area contributed by atoms with Gasteiger partial charge in [0, 0.05) is 12.5 Å². The number of anilines is 1. The highest BCUT2D eigenvalue weighted by molar-refractivity contribution is 5.88. The van der Waals surface area contributed by atoms with Crippen molar-refractivity contribution in [3.8, 4) is 0 Å². The van der Waals surface area contributed by atoms with Crippen LogP contribution in [-0.2, 0) is 4.74 Å². The fourth-order valence-corrected chi connectivity index (χ4v) is 2.16. The minimum Gasteiger partial charge on any atom is -0.377 e. The van der Waals surface area contributed by atoms with E-state index in [1.54, 1.807) is 4.90 Å². The minimum absolute atomic E-state index is 0.135. The molecular weight excluding hydrogens is 244 g/mol. The molecule has 1 aromatic rings. The smallest absolute Gasteiger partial charge is 0.323 e. The predicted octanol–water partition coefficient (Wildman–Crippen LogP) is 1.61. The summed E-state index contributed by atoms with van der Waals surface area (Å²) in [5.74, 6) is 1.09. The molecule has 0 spiro atoms. The Morgan fingerprint density at radius 2 is 2.21 bits per heavy atom. The Morgan fingerprint density at radius 1 is 1.42 bits per heavy atom. The Kier molecular flexibility index (Phi) is 3.33. The fourth-order valence-electron chi connectivity index (χ4n) is 2.16. The zero-order chi connectivity index (χ0) is 13.2. The summed E-state index contributed by atoms with van der Waals surface area (Å²) in [6.07, 6.45) is 2.40. The molecule has 2 aliphatic rings. The number of hydrogen-bond donors (Lipinski definition) is 1. The van der Waals surface area contributed by atoms with Crippen molar-refractivity contribution in [1.82, 2.24) is 15.1 Å². The van der Waals surface area contributed by atoms with Gasteiger partial charge in [0.05, 0.1) is 24.9 Å². The number of nitrogens with zero attached hydrogens (tertiary/aromatic N) is 3. The summed E-state index contributed by atoms with van der Waals surface area (Å²) in [5.41, 5.74) is 1.03. The summed E-state index contributed by atoms with van der Waals surface area (Å²) in [5, 5.41) is 11.0. The fraction of sp³-hybridized carbons (Fsp3) is 0.615. The SMILES string of the molecule is CCN(C(=O)Nc1ccc(C2CC2)nn1)C1COC1. The van der Waals surface area contributed by atoms with Crippen LogP contribution < -0.4 is 5.32 Å².